The normalized spacial score (nSPS) is 20.3. The minimum absolute atomic E-state index is 0.220. The van der Waals surface area contributed by atoms with E-state index in [4.69, 9.17) is 26.2 Å². The Balaban J connectivity index is 0.000000706. The van der Waals surface area contributed by atoms with Crippen LogP contribution in [0.2, 0.25) is 5.02 Å². The Morgan fingerprint density at radius 3 is 2.93 bits per heavy atom. The first kappa shape index (κ1) is 19.9. The molecule has 0 radical (unpaired) electrons. The molecule has 2 aliphatic heterocycles. The molecule has 1 saturated heterocycles. The van der Waals surface area contributed by atoms with Gasteiger partial charge in [0.2, 0.25) is 0 Å². The molecule has 4 rings (SSSR count). The van der Waals surface area contributed by atoms with Crippen molar-refractivity contribution in [3.63, 3.8) is 0 Å². The average molecular weight is 410 g/mol. The molecule has 10 nitrogen and oxygen atoms in total. The van der Waals surface area contributed by atoms with Crippen LogP contribution in [0.25, 0.3) is 0 Å². The van der Waals surface area contributed by atoms with Crippen LogP contribution in [0, 0.1) is 6.92 Å². The number of hydrogen-bond acceptors (Lipinski definition) is 5. The van der Waals surface area contributed by atoms with Gasteiger partial charge in [0.1, 0.15) is 12.2 Å². The number of para-hydroxylation sites is 1. The molecule has 1 aromatic heterocycles. The Morgan fingerprint density at radius 2 is 2.21 bits per heavy atom. The van der Waals surface area contributed by atoms with Gasteiger partial charge in [-0.2, -0.15) is 5.10 Å². The molecule has 3 heterocycles. The van der Waals surface area contributed by atoms with Gasteiger partial charge in [0.15, 0.2) is 5.82 Å². The molecule has 2 aliphatic rings. The molecule has 1 unspecified atom stereocenters. The first-order valence-corrected chi connectivity index (χ1v) is 8.94. The summed E-state index contributed by atoms with van der Waals surface area (Å²) in [6, 6.07) is 5.26. The maximum Gasteiger partial charge on any atom is 0.343 e. The second-order valence-electron chi connectivity index (χ2n) is 6.64. The van der Waals surface area contributed by atoms with Gasteiger partial charge in [-0.3, -0.25) is 9.36 Å². The zero-order valence-corrected chi connectivity index (χ0v) is 15.9. The summed E-state index contributed by atoms with van der Waals surface area (Å²) in [5.74, 6) is 0.588. The van der Waals surface area contributed by atoms with E-state index in [1.165, 1.54) is 0 Å². The molecule has 1 aromatic carbocycles. The van der Waals surface area contributed by atoms with E-state index in [0.717, 1.165) is 5.56 Å². The second kappa shape index (κ2) is 8.03. The number of carboxylic acid groups (broad SMARTS) is 1. The second-order valence-corrected chi connectivity index (χ2v) is 7.05. The predicted octanol–water partition coefficient (Wildman–Crippen LogP) is 1.44. The highest BCUT2D eigenvalue weighted by molar-refractivity contribution is 6.33. The number of amides is 2. The number of carbonyl (C=O) groups excluding carboxylic acids is 1. The van der Waals surface area contributed by atoms with Crippen molar-refractivity contribution >= 4 is 29.8 Å². The van der Waals surface area contributed by atoms with Crippen LogP contribution >= 0.6 is 11.6 Å². The van der Waals surface area contributed by atoms with Crippen LogP contribution in [0.3, 0.4) is 0 Å². The molecule has 1 fully saturated rings. The van der Waals surface area contributed by atoms with E-state index in [1.807, 2.05) is 19.1 Å². The van der Waals surface area contributed by atoms with Crippen molar-refractivity contribution in [2.45, 2.75) is 32.1 Å². The topological polar surface area (TPSA) is 130 Å². The molecular formula is C17H20ClN5O5. The highest BCUT2D eigenvalue weighted by atomic mass is 35.5. The Kier molecular flexibility index (Phi) is 5.71. The molecule has 0 aliphatic carbocycles. The van der Waals surface area contributed by atoms with E-state index in [-0.39, 0.29) is 24.8 Å². The van der Waals surface area contributed by atoms with E-state index >= 15 is 0 Å². The lowest BCUT2D eigenvalue weighted by Gasteiger charge is -2.33. The van der Waals surface area contributed by atoms with E-state index in [0.29, 0.717) is 42.6 Å². The summed E-state index contributed by atoms with van der Waals surface area (Å²) in [7, 11) is 0. The number of aromatic nitrogens is 3. The maximum absolute atomic E-state index is 12.6. The molecule has 0 saturated carbocycles. The van der Waals surface area contributed by atoms with Crippen LogP contribution < -0.4 is 11.0 Å². The van der Waals surface area contributed by atoms with Crippen LogP contribution in [0.15, 0.2) is 23.0 Å². The minimum Gasteiger partial charge on any atom is -0.483 e. The number of urea groups is 1. The van der Waals surface area contributed by atoms with Crippen LogP contribution in [0.1, 0.15) is 17.8 Å². The summed E-state index contributed by atoms with van der Waals surface area (Å²) in [5, 5.41) is 16.6. The third-order valence-corrected chi connectivity index (χ3v) is 5.16. The van der Waals surface area contributed by atoms with Gasteiger partial charge >= 0.3 is 11.7 Å². The molecular weight excluding hydrogens is 390 g/mol. The van der Waals surface area contributed by atoms with Gasteiger partial charge in [-0.05, 0) is 25.0 Å². The van der Waals surface area contributed by atoms with Gasteiger partial charge < -0.3 is 20.1 Å². The molecule has 11 heteroatoms. The van der Waals surface area contributed by atoms with Gasteiger partial charge in [0.05, 0.1) is 23.8 Å². The van der Waals surface area contributed by atoms with Gasteiger partial charge in [0, 0.05) is 6.54 Å². The fourth-order valence-corrected chi connectivity index (χ4v) is 3.69. The van der Waals surface area contributed by atoms with Crippen molar-refractivity contribution in [3.05, 3.63) is 45.1 Å². The quantitative estimate of drug-likeness (QED) is 0.611. The van der Waals surface area contributed by atoms with Gasteiger partial charge in [-0.25, -0.2) is 14.7 Å². The molecule has 0 bridgehead atoms. The van der Waals surface area contributed by atoms with Crippen LogP contribution in [0.5, 0.6) is 0 Å². The number of hydrogen-bond donors (Lipinski definition) is 3. The lowest BCUT2D eigenvalue weighted by atomic mass is 10.0. The Hall–Kier alpha value is -2.85. The van der Waals surface area contributed by atoms with Gasteiger partial charge in [-0.1, -0.05) is 23.7 Å². The van der Waals surface area contributed by atoms with E-state index in [2.05, 4.69) is 15.5 Å². The number of aromatic amines is 1. The summed E-state index contributed by atoms with van der Waals surface area (Å²) >= 11 is 6.18. The first-order valence-electron chi connectivity index (χ1n) is 8.56. The Labute approximate surface area is 165 Å². The maximum atomic E-state index is 12.6. The monoisotopic (exact) mass is 409 g/mol. The SMILES string of the molecule is Cc1cccc(Cl)c1NC(=O)N1CCC2(C1)Cn1c(n[nH]c1=O)CO2.O=CO. The van der Waals surface area contributed by atoms with Crippen molar-refractivity contribution < 1.29 is 19.4 Å². The third-order valence-electron chi connectivity index (χ3n) is 4.85. The summed E-state index contributed by atoms with van der Waals surface area (Å²) in [4.78, 5) is 34.5. The van der Waals surface area contributed by atoms with Crippen molar-refractivity contribution in [1.82, 2.24) is 19.7 Å². The number of nitrogens with zero attached hydrogens (tertiary/aromatic N) is 3. The molecule has 150 valence electrons. The molecule has 2 amide bonds. The summed E-state index contributed by atoms with van der Waals surface area (Å²) in [5.41, 5.74) is 0.728. The average Bonchev–Trinajstić information content (AvgIpc) is 3.24. The number of ether oxygens (including phenoxy) is 1. The van der Waals surface area contributed by atoms with Crippen LogP contribution in [-0.2, 0) is 22.7 Å². The van der Waals surface area contributed by atoms with Crippen molar-refractivity contribution in [2.75, 3.05) is 18.4 Å². The predicted molar refractivity (Wildman–Crippen MR) is 100 cm³/mol. The number of fused-ring (bicyclic) bond motifs is 1. The molecule has 28 heavy (non-hydrogen) atoms. The van der Waals surface area contributed by atoms with Crippen LogP contribution in [0.4, 0.5) is 10.5 Å². The van der Waals surface area contributed by atoms with E-state index < -0.39 is 5.60 Å². The smallest absolute Gasteiger partial charge is 0.343 e. The lowest BCUT2D eigenvalue weighted by molar-refractivity contribution is -0.122. The fraction of sp³-hybridized carbons (Fsp3) is 0.412. The molecule has 3 N–H and O–H groups in total. The number of benzene rings is 1. The highest BCUT2D eigenvalue weighted by Crippen LogP contribution is 2.32. The third kappa shape index (κ3) is 3.87. The number of rotatable bonds is 1. The highest BCUT2D eigenvalue weighted by Gasteiger charge is 2.44. The molecule has 1 spiro atoms. The molecule has 1 atom stereocenters. The van der Waals surface area contributed by atoms with Crippen LogP contribution in [-0.4, -0.2) is 56.0 Å². The number of H-pyrrole nitrogens is 1. The number of halogens is 1. The van der Waals surface area contributed by atoms with Crippen molar-refractivity contribution in [1.29, 1.82) is 0 Å². The van der Waals surface area contributed by atoms with E-state index in [9.17, 15) is 9.59 Å². The summed E-state index contributed by atoms with van der Waals surface area (Å²) in [6.07, 6.45) is 0.666. The van der Waals surface area contributed by atoms with Gasteiger partial charge in [0.25, 0.3) is 6.47 Å². The van der Waals surface area contributed by atoms with Crippen molar-refractivity contribution in [2.24, 2.45) is 0 Å². The number of aryl methyl sites for hydroxylation is 1. The Morgan fingerprint density at radius 1 is 1.46 bits per heavy atom. The molecule has 2 aromatic rings. The van der Waals surface area contributed by atoms with Gasteiger partial charge in [-0.15, -0.1) is 0 Å². The standard InChI is InChI=1S/C16H18ClN5O3.CH2O2/c1-10-3-2-4-11(17)13(10)18-14(23)21-6-5-16(8-21)9-22-12(7-25-16)19-20-15(22)24;2-1-3/h2-4H,5-9H2,1H3,(H,18,23)(H,20,24);1H,(H,2,3). The van der Waals surface area contributed by atoms with E-state index in [1.54, 1.807) is 15.5 Å². The first-order chi connectivity index (χ1) is 13.4. The summed E-state index contributed by atoms with van der Waals surface area (Å²) in [6.45, 7) is 3.27. The van der Waals surface area contributed by atoms with Crippen molar-refractivity contribution in [3.8, 4) is 0 Å². The number of anilines is 1. The fourth-order valence-electron chi connectivity index (χ4n) is 3.42. The lowest BCUT2D eigenvalue weighted by Crippen LogP contribution is -2.47. The Bertz CT molecular complexity index is 922. The number of likely N-dealkylation sites (tertiary alicyclic amines) is 1. The summed E-state index contributed by atoms with van der Waals surface area (Å²) < 4.78 is 7.54. The number of carbonyl (C=O) groups is 2. The largest absolute Gasteiger partial charge is 0.483 e. The minimum atomic E-state index is -0.548. The zero-order chi connectivity index (χ0) is 20.3. The number of nitrogens with one attached hydrogen (secondary N) is 2. The zero-order valence-electron chi connectivity index (χ0n) is 15.1.